The molecule has 0 atom stereocenters. The van der Waals surface area contributed by atoms with Crippen molar-refractivity contribution in [3.05, 3.63) is 35.2 Å². The van der Waals surface area contributed by atoms with Crippen LogP contribution in [-0.2, 0) is 12.8 Å². The van der Waals surface area contributed by atoms with Crippen molar-refractivity contribution in [1.82, 2.24) is 4.98 Å². The number of nitrogens with zero attached hydrogens (tertiary/aromatic N) is 1. The van der Waals surface area contributed by atoms with Gasteiger partial charge in [-0.1, -0.05) is 19.1 Å². The number of rotatable bonds is 1. The number of hydrogen-bond donors (Lipinski definition) is 0. The highest BCUT2D eigenvalue weighted by atomic mass is 14.7. The van der Waals surface area contributed by atoms with Gasteiger partial charge in [-0.05, 0) is 30.0 Å². The summed E-state index contributed by atoms with van der Waals surface area (Å²) in [4.78, 5) is 4.34. The first kappa shape index (κ1) is 6.59. The molecular formula is C10H11N. The average Bonchev–Trinajstić information content (AvgIpc) is 2.50. The third-order valence-electron chi connectivity index (χ3n) is 2.08. The van der Waals surface area contributed by atoms with Gasteiger partial charge in [-0.2, -0.15) is 0 Å². The Balaban J connectivity index is 2.45. The first-order chi connectivity index (χ1) is 5.40. The average molecular weight is 145 g/mol. The molecule has 1 nitrogen and oxygen atoms in total. The van der Waals surface area contributed by atoms with E-state index in [1.807, 2.05) is 6.20 Å². The van der Waals surface area contributed by atoms with Crippen LogP contribution >= 0.6 is 0 Å². The maximum absolute atomic E-state index is 4.34. The molecule has 0 aliphatic heterocycles. The lowest BCUT2D eigenvalue weighted by atomic mass is 10.1. The fourth-order valence-electron chi connectivity index (χ4n) is 1.37. The summed E-state index contributed by atoms with van der Waals surface area (Å²) in [6.07, 6.45) is 8.37. The summed E-state index contributed by atoms with van der Waals surface area (Å²) < 4.78 is 0. The van der Waals surface area contributed by atoms with Crippen LogP contribution in [0.2, 0.25) is 0 Å². The van der Waals surface area contributed by atoms with E-state index in [9.17, 15) is 0 Å². The summed E-state index contributed by atoms with van der Waals surface area (Å²) in [5.74, 6) is 0. The Morgan fingerprint density at radius 1 is 1.55 bits per heavy atom. The zero-order chi connectivity index (χ0) is 7.68. The molecule has 1 aliphatic carbocycles. The van der Waals surface area contributed by atoms with E-state index in [2.05, 4.69) is 30.1 Å². The Kier molecular flexibility index (Phi) is 1.50. The quantitative estimate of drug-likeness (QED) is 0.590. The minimum atomic E-state index is 1.07. The van der Waals surface area contributed by atoms with Crippen LogP contribution in [-0.4, -0.2) is 4.98 Å². The molecule has 1 aliphatic rings. The van der Waals surface area contributed by atoms with E-state index < -0.39 is 0 Å². The summed E-state index contributed by atoms with van der Waals surface area (Å²) in [5.41, 5.74) is 3.87. The van der Waals surface area contributed by atoms with E-state index in [-0.39, 0.29) is 0 Å². The van der Waals surface area contributed by atoms with Gasteiger partial charge in [0.15, 0.2) is 0 Å². The van der Waals surface area contributed by atoms with Crippen LogP contribution < -0.4 is 0 Å². The normalized spacial score (nSPS) is 13.5. The Morgan fingerprint density at radius 2 is 2.45 bits per heavy atom. The molecule has 0 unspecified atom stereocenters. The molecule has 0 fully saturated rings. The summed E-state index contributed by atoms with van der Waals surface area (Å²) >= 11 is 0. The van der Waals surface area contributed by atoms with E-state index in [4.69, 9.17) is 0 Å². The highest BCUT2D eigenvalue weighted by Crippen LogP contribution is 2.17. The van der Waals surface area contributed by atoms with Crippen molar-refractivity contribution in [2.75, 3.05) is 0 Å². The molecule has 1 heteroatoms. The molecule has 0 aromatic carbocycles. The maximum Gasteiger partial charge on any atom is 0.0661 e. The van der Waals surface area contributed by atoms with E-state index in [1.165, 1.54) is 11.1 Å². The van der Waals surface area contributed by atoms with Gasteiger partial charge in [-0.25, -0.2) is 0 Å². The molecule has 1 heterocycles. The highest BCUT2D eigenvalue weighted by Gasteiger charge is 2.05. The standard InChI is InChI=1S/C10H11N/c1-2-8-6-9-4-3-5-10(9)11-7-8/h3,5-7H,2,4H2,1H3. The lowest BCUT2D eigenvalue weighted by molar-refractivity contribution is 1.07. The SMILES string of the molecule is CCc1cnc2c(c1)CC=C2. The van der Waals surface area contributed by atoms with Crippen LogP contribution in [0, 0.1) is 0 Å². The molecule has 0 spiro atoms. The summed E-state index contributed by atoms with van der Waals surface area (Å²) in [6.45, 7) is 2.16. The summed E-state index contributed by atoms with van der Waals surface area (Å²) in [6, 6.07) is 2.25. The van der Waals surface area contributed by atoms with Crippen LogP contribution in [0.1, 0.15) is 23.7 Å². The maximum atomic E-state index is 4.34. The van der Waals surface area contributed by atoms with Crippen molar-refractivity contribution >= 4 is 6.08 Å². The first-order valence-electron chi connectivity index (χ1n) is 4.04. The van der Waals surface area contributed by atoms with Crippen molar-refractivity contribution in [1.29, 1.82) is 0 Å². The van der Waals surface area contributed by atoms with Crippen molar-refractivity contribution < 1.29 is 0 Å². The van der Waals surface area contributed by atoms with Crippen molar-refractivity contribution in [2.24, 2.45) is 0 Å². The van der Waals surface area contributed by atoms with Crippen LogP contribution in [0.3, 0.4) is 0 Å². The molecule has 0 amide bonds. The minimum Gasteiger partial charge on any atom is -0.256 e. The molecule has 2 rings (SSSR count). The van der Waals surface area contributed by atoms with Crippen molar-refractivity contribution in [3.8, 4) is 0 Å². The number of aryl methyl sites for hydroxylation is 1. The molecule has 1 aromatic heterocycles. The number of allylic oxidation sites excluding steroid dienone is 1. The van der Waals surface area contributed by atoms with Crippen molar-refractivity contribution in [3.63, 3.8) is 0 Å². The van der Waals surface area contributed by atoms with Gasteiger partial charge in [-0.3, -0.25) is 4.98 Å². The Bertz CT molecular complexity index is 300. The number of fused-ring (bicyclic) bond motifs is 1. The number of hydrogen-bond acceptors (Lipinski definition) is 1. The van der Waals surface area contributed by atoms with Crippen LogP contribution in [0.5, 0.6) is 0 Å². The molecule has 56 valence electrons. The monoisotopic (exact) mass is 145 g/mol. The van der Waals surface area contributed by atoms with Crippen LogP contribution in [0.4, 0.5) is 0 Å². The first-order valence-corrected chi connectivity index (χ1v) is 4.04. The Hall–Kier alpha value is -1.11. The van der Waals surface area contributed by atoms with Gasteiger partial charge in [0.25, 0.3) is 0 Å². The van der Waals surface area contributed by atoms with Crippen LogP contribution in [0.25, 0.3) is 6.08 Å². The van der Waals surface area contributed by atoms with Gasteiger partial charge in [-0.15, -0.1) is 0 Å². The fourth-order valence-corrected chi connectivity index (χ4v) is 1.37. The van der Waals surface area contributed by atoms with Crippen molar-refractivity contribution in [2.45, 2.75) is 19.8 Å². The molecular weight excluding hydrogens is 134 g/mol. The third-order valence-corrected chi connectivity index (χ3v) is 2.08. The third kappa shape index (κ3) is 1.07. The number of pyridine rings is 1. The molecule has 0 bridgehead atoms. The number of aromatic nitrogens is 1. The second-order valence-corrected chi connectivity index (χ2v) is 2.85. The van der Waals surface area contributed by atoms with Gasteiger partial charge in [0.05, 0.1) is 5.69 Å². The smallest absolute Gasteiger partial charge is 0.0661 e. The molecule has 1 aromatic rings. The second kappa shape index (κ2) is 2.50. The van der Waals surface area contributed by atoms with E-state index >= 15 is 0 Å². The molecule has 0 N–H and O–H groups in total. The highest BCUT2D eigenvalue weighted by molar-refractivity contribution is 5.56. The molecule has 0 saturated carbocycles. The van der Waals surface area contributed by atoms with Gasteiger partial charge >= 0.3 is 0 Å². The van der Waals surface area contributed by atoms with Crippen LogP contribution in [0.15, 0.2) is 18.3 Å². The second-order valence-electron chi connectivity index (χ2n) is 2.85. The van der Waals surface area contributed by atoms with E-state index in [1.54, 1.807) is 0 Å². The van der Waals surface area contributed by atoms with Gasteiger partial charge in [0.2, 0.25) is 0 Å². The zero-order valence-corrected chi connectivity index (χ0v) is 6.67. The molecule has 0 radical (unpaired) electrons. The minimum absolute atomic E-state index is 1.07. The molecule has 11 heavy (non-hydrogen) atoms. The van der Waals surface area contributed by atoms with Gasteiger partial charge < -0.3 is 0 Å². The fraction of sp³-hybridized carbons (Fsp3) is 0.300. The molecule has 0 saturated heterocycles. The lowest BCUT2D eigenvalue weighted by Crippen LogP contribution is -1.89. The predicted octanol–water partition coefficient (Wildman–Crippen LogP) is 2.21. The van der Waals surface area contributed by atoms with Gasteiger partial charge in [0, 0.05) is 6.20 Å². The summed E-state index contributed by atoms with van der Waals surface area (Å²) in [7, 11) is 0. The Labute approximate surface area is 66.8 Å². The van der Waals surface area contributed by atoms with Gasteiger partial charge in [0.1, 0.15) is 0 Å². The predicted molar refractivity (Wildman–Crippen MR) is 46.4 cm³/mol. The zero-order valence-electron chi connectivity index (χ0n) is 6.67. The summed E-state index contributed by atoms with van der Waals surface area (Å²) in [5, 5.41) is 0. The topological polar surface area (TPSA) is 12.9 Å². The largest absolute Gasteiger partial charge is 0.256 e. The van der Waals surface area contributed by atoms with E-state index in [0.29, 0.717) is 0 Å². The Morgan fingerprint density at radius 3 is 3.27 bits per heavy atom. The van der Waals surface area contributed by atoms with E-state index in [0.717, 1.165) is 18.5 Å². The lowest BCUT2D eigenvalue weighted by Gasteiger charge is -1.99.